The van der Waals surface area contributed by atoms with Crippen LogP contribution in [0, 0.1) is 0 Å². The fraction of sp³-hybridized carbons (Fsp3) is 0.611. The van der Waals surface area contributed by atoms with Crippen LogP contribution in [-0.2, 0) is 20.8 Å². The predicted molar refractivity (Wildman–Crippen MR) is 99.5 cm³/mol. The first-order chi connectivity index (χ1) is 11.7. The molecule has 0 aliphatic heterocycles. The molecule has 0 aliphatic carbocycles. The standard InChI is InChI=1S/C18H31N3O4/c1-18(2,3)25-17(22)21-12-13-11-14(19)8-9-15(13)20-10-6-7-16(23-4)24-5/h8-9,11,16,20H,6-7,10,12,19H2,1-5H3,(H,21,22). The van der Waals surface area contributed by atoms with Crippen LogP contribution in [0.1, 0.15) is 39.2 Å². The number of methoxy groups -OCH3 is 2. The van der Waals surface area contributed by atoms with E-state index in [1.165, 1.54) is 0 Å². The Hall–Kier alpha value is -1.99. The fourth-order valence-electron chi connectivity index (χ4n) is 2.24. The molecular formula is C18H31N3O4. The number of nitrogens with one attached hydrogen (secondary N) is 2. The molecule has 1 amide bonds. The number of rotatable bonds is 9. The monoisotopic (exact) mass is 353 g/mol. The summed E-state index contributed by atoms with van der Waals surface area (Å²) in [5, 5.41) is 6.11. The lowest BCUT2D eigenvalue weighted by Crippen LogP contribution is -2.32. The minimum atomic E-state index is -0.528. The lowest BCUT2D eigenvalue weighted by molar-refractivity contribution is -0.106. The summed E-state index contributed by atoms with van der Waals surface area (Å²) in [4.78, 5) is 11.8. The van der Waals surface area contributed by atoms with Gasteiger partial charge in [0, 0.05) is 38.7 Å². The molecule has 0 fully saturated rings. The van der Waals surface area contributed by atoms with Crippen molar-refractivity contribution in [3.8, 4) is 0 Å². The zero-order chi connectivity index (χ0) is 18.9. The minimum absolute atomic E-state index is 0.193. The summed E-state index contributed by atoms with van der Waals surface area (Å²) in [5.41, 5.74) is 7.81. The Morgan fingerprint density at radius 2 is 1.92 bits per heavy atom. The van der Waals surface area contributed by atoms with Gasteiger partial charge in [-0.2, -0.15) is 0 Å². The van der Waals surface area contributed by atoms with Crippen LogP contribution < -0.4 is 16.4 Å². The summed E-state index contributed by atoms with van der Waals surface area (Å²) in [7, 11) is 3.25. The lowest BCUT2D eigenvalue weighted by atomic mass is 10.1. The van der Waals surface area contributed by atoms with Gasteiger partial charge in [0.15, 0.2) is 6.29 Å². The average Bonchev–Trinajstić information content (AvgIpc) is 2.53. The summed E-state index contributed by atoms with van der Waals surface area (Å²) in [6.07, 6.45) is 1.03. The van der Waals surface area contributed by atoms with Crippen LogP contribution in [-0.4, -0.2) is 38.7 Å². The Balaban J connectivity index is 2.56. The zero-order valence-corrected chi connectivity index (χ0v) is 15.8. The fourth-order valence-corrected chi connectivity index (χ4v) is 2.24. The number of hydrogen-bond donors (Lipinski definition) is 3. The van der Waals surface area contributed by atoms with E-state index >= 15 is 0 Å². The smallest absolute Gasteiger partial charge is 0.407 e. The largest absolute Gasteiger partial charge is 0.444 e. The third kappa shape index (κ3) is 8.60. The van der Waals surface area contributed by atoms with Crippen molar-refractivity contribution in [2.75, 3.05) is 31.8 Å². The molecule has 0 radical (unpaired) electrons. The third-order valence-corrected chi connectivity index (χ3v) is 3.41. The molecule has 0 bridgehead atoms. The van der Waals surface area contributed by atoms with Crippen molar-refractivity contribution >= 4 is 17.5 Å². The number of carbonyl (C=O) groups is 1. The Labute approximate surface area is 150 Å². The molecule has 25 heavy (non-hydrogen) atoms. The number of alkyl carbamates (subject to hydrolysis) is 1. The van der Waals surface area contributed by atoms with Gasteiger partial charge < -0.3 is 30.6 Å². The van der Waals surface area contributed by atoms with Crippen LogP contribution in [0.4, 0.5) is 16.2 Å². The molecule has 1 aromatic rings. The minimum Gasteiger partial charge on any atom is -0.444 e. The van der Waals surface area contributed by atoms with Crippen LogP contribution >= 0.6 is 0 Å². The molecule has 4 N–H and O–H groups in total. The van der Waals surface area contributed by atoms with Gasteiger partial charge in [-0.1, -0.05) is 0 Å². The molecule has 7 nitrogen and oxygen atoms in total. The Morgan fingerprint density at radius 1 is 1.24 bits per heavy atom. The van der Waals surface area contributed by atoms with E-state index in [0.29, 0.717) is 12.2 Å². The maximum absolute atomic E-state index is 11.8. The summed E-state index contributed by atoms with van der Waals surface area (Å²) in [6.45, 7) is 6.57. The molecule has 0 saturated heterocycles. The summed E-state index contributed by atoms with van der Waals surface area (Å²) in [6, 6.07) is 5.57. The Morgan fingerprint density at radius 3 is 2.52 bits per heavy atom. The van der Waals surface area contributed by atoms with Crippen LogP contribution in [0.3, 0.4) is 0 Å². The summed E-state index contributed by atoms with van der Waals surface area (Å²) in [5.74, 6) is 0. The first kappa shape index (κ1) is 21.1. The van der Waals surface area contributed by atoms with Crippen molar-refractivity contribution in [2.45, 2.75) is 52.0 Å². The molecule has 0 atom stereocenters. The van der Waals surface area contributed by atoms with Gasteiger partial charge in [0.05, 0.1) is 0 Å². The van der Waals surface area contributed by atoms with E-state index < -0.39 is 11.7 Å². The highest BCUT2D eigenvalue weighted by Gasteiger charge is 2.16. The topological polar surface area (TPSA) is 94.8 Å². The predicted octanol–water partition coefficient (Wildman–Crippen LogP) is 3.10. The van der Waals surface area contributed by atoms with E-state index in [1.807, 2.05) is 39.0 Å². The zero-order valence-electron chi connectivity index (χ0n) is 15.8. The van der Waals surface area contributed by atoms with Crippen molar-refractivity contribution in [1.82, 2.24) is 5.32 Å². The number of nitrogen functional groups attached to an aromatic ring is 1. The number of benzene rings is 1. The number of ether oxygens (including phenoxy) is 3. The van der Waals surface area contributed by atoms with Gasteiger partial charge >= 0.3 is 6.09 Å². The molecule has 0 spiro atoms. The SMILES string of the molecule is COC(CCCNc1ccc(N)cc1CNC(=O)OC(C)(C)C)OC. The van der Waals surface area contributed by atoms with Gasteiger partial charge in [-0.15, -0.1) is 0 Å². The average molecular weight is 353 g/mol. The first-order valence-electron chi connectivity index (χ1n) is 8.40. The molecule has 0 aromatic heterocycles. The summed E-state index contributed by atoms with van der Waals surface area (Å²) < 4.78 is 15.6. The summed E-state index contributed by atoms with van der Waals surface area (Å²) >= 11 is 0. The second kappa shape index (κ2) is 10.1. The highest BCUT2D eigenvalue weighted by molar-refractivity contribution is 5.68. The Bertz CT molecular complexity index is 540. The Kier molecular flexibility index (Phi) is 8.51. The van der Waals surface area contributed by atoms with Gasteiger partial charge in [0.25, 0.3) is 0 Å². The van der Waals surface area contributed by atoms with Crippen molar-refractivity contribution < 1.29 is 19.0 Å². The van der Waals surface area contributed by atoms with E-state index in [9.17, 15) is 4.79 Å². The quantitative estimate of drug-likeness (QED) is 0.359. The van der Waals surface area contributed by atoms with E-state index in [0.717, 1.165) is 30.6 Å². The van der Waals surface area contributed by atoms with Gasteiger partial charge in [-0.3, -0.25) is 0 Å². The molecule has 1 rings (SSSR count). The number of nitrogens with two attached hydrogens (primary N) is 1. The van der Waals surface area contributed by atoms with Crippen LogP contribution in [0.25, 0.3) is 0 Å². The molecule has 0 unspecified atom stereocenters. The maximum atomic E-state index is 11.8. The van der Waals surface area contributed by atoms with Crippen molar-refractivity contribution in [2.24, 2.45) is 0 Å². The molecular weight excluding hydrogens is 322 g/mol. The number of carbonyl (C=O) groups excluding carboxylic acids is 1. The lowest BCUT2D eigenvalue weighted by Gasteiger charge is -2.20. The van der Waals surface area contributed by atoms with E-state index in [-0.39, 0.29) is 6.29 Å². The van der Waals surface area contributed by atoms with E-state index in [1.54, 1.807) is 14.2 Å². The van der Waals surface area contributed by atoms with Gasteiger partial charge in [-0.05, 0) is 57.4 Å². The number of anilines is 2. The van der Waals surface area contributed by atoms with Crippen molar-refractivity contribution in [1.29, 1.82) is 0 Å². The van der Waals surface area contributed by atoms with Crippen LogP contribution in [0.5, 0.6) is 0 Å². The van der Waals surface area contributed by atoms with Crippen LogP contribution in [0.15, 0.2) is 18.2 Å². The highest BCUT2D eigenvalue weighted by atomic mass is 16.7. The third-order valence-electron chi connectivity index (χ3n) is 3.41. The molecule has 7 heteroatoms. The maximum Gasteiger partial charge on any atom is 0.407 e. The second-order valence-electron chi connectivity index (χ2n) is 6.74. The molecule has 0 saturated carbocycles. The first-order valence-corrected chi connectivity index (χ1v) is 8.40. The normalized spacial score (nSPS) is 11.4. The van der Waals surface area contributed by atoms with Crippen molar-refractivity contribution in [3.63, 3.8) is 0 Å². The van der Waals surface area contributed by atoms with Gasteiger partial charge in [0.2, 0.25) is 0 Å². The molecule has 1 aromatic carbocycles. The van der Waals surface area contributed by atoms with Gasteiger partial charge in [-0.25, -0.2) is 4.79 Å². The van der Waals surface area contributed by atoms with E-state index in [4.69, 9.17) is 19.9 Å². The van der Waals surface area contributed by atoms with Gasteiger partial charge in [0.1, 0.15) is 5.60 Å². The number of amides is 1. The second-order valence-corrected chi connectivity index (χ2v) is 6.74. The van der Waals surface area contributed by atoms with Crippen molar-refractivity contribution in [3.05, 3.63) is 23.8 Å². The number of hydrogen-bond acceptors (Lipinski definition) is 6. The molecule has 142 valence electrons. The molecule has 0 heterocycles. The molecule has 0 aliphatic rings. The van der Waals surface area contributed by atoms with E-state index in [2.05, 4.69) is 10.6 Å². The van der Waals surface area contributed by atoms with Crippen LogP contribution in [0.2, 0.25) is 0 Å². The highest BCUT2D eigenvalue weighted by Crippen LogP contribution is 2.19.